The van der Waals surface area contributed by atoms with Gasteiger partial charge in [0.1, 0.15) is 0 Å². The van der Waals surface area contributed by atoms with Gasteiger partial charge in [0.05, 0.1) is 12.5 Å². The predicted octanol–water partition coefficient (Wildman–Crippen LogP) is 4.02. The molecule has 6 nitrogen and oxygen atoms in total. The lowest BCUT2D eigenvalue weighted by Crippen LogP contribution is -2.45. The van der Waals surface area contributed by atoms with Crippen molar-refractivity contribution >= 4 is 21.8 Å². The summed E-state index contributed by atoms with van der Waals surface area (Å²) in [5, 5.41) is 7.24. The van der Waals surface area contributed by atoms with Crippen molar-refractivity contribution < 1.29 is 9.32 Å². The molecule has 1 aromatic heterocycles. The number of carbonyl (C=O) groups is 1. The Kier molecular flexibility index (Phi) is 7.01. The number of nitrogens with zero attached hydrogens (tertiary/aromatic N) is 3. The van der Waals surface area contributed by atoms with Gasteiger partial charge in [-0.15, -0.1) is 0 Å². The quantitative estimate of drug-likeness (QED) is 0.712. The van der Waals surface area contributed by atoms with Crippen LogP contribution in [0.25, 0.3) is 11.4 Å². The molecule has 0 saturated carbocycles. The van der Waals surface area contributed by atoms with Gasteiger partial charge in [-0.2, -0.15) is 4.98 Å². The summed E-state index contributed by atoms with van der Waals surface area (Å²) in [6.07, 6.45) is 4.04. The molecular formula is C20H27BrN4O2. The van der Waals surface area contributed by atoms with Crippen LogP contribution in [0.15, 0.2) is 33.3 Å². The van der Waals surface area contributed by atoms with E-state index in [0.29, 0.717) is 18.3 Å². The van der Waals surface area contributed by atoms with E-state index < -0.39 is 0 Å². The molecule has 7 heteroatoms. The largest absolute Gasteiger partial charge is 0.353 e. The topological polar surface area (TPSA) is 71.3 Å². The zero-order chi connectivity index (χ0) is 19.2. The van der Waals surface area contributed by atoms with Crippen molar-refractivity contribution in [3.8, 4) is 11.4 Å². The molecule has 0 spiro atoms. The maximum atomic E-state index is 12.5. The number of benzene rings is 1. The van der Waals surface area contributed by atoms with E-state index in [1.54, 1.807) is 0 Å². The fraction of sp³-hybridized carbons (Fsp3) is 0.550. The summed E-state index contributed by atoms with van der Waals surface area (Å²) in [5.41, 5.74) is 0.917. The summed E-state index contributed by atoms with van der Waals surface area (Å²) in [4.78, 5) is 19.3. The van der Waals surface area contributed by atoms with Gasteiger partial charge < -0.3 is 9.84 Å². The number of carbonyl (C=O) groups excluding carboxylic acids is 1. The molecule has 1 N–H and O–H groups in total. The molecule has 2 heterocycles. The van der Waals surface area contributed by atoms with Crippen LogP contribution in [0.2, 0.25) is 0 Å². The number of rotatable bonds is 7. The minimum absolute atomic E-state index is 0.0329. The van der Waals surface area contributed by atoms with E-state index in [0.717, 1.165) is 48.8 Å². The number of nitrogens with one attached hydrogen (secondary N) is 1. The van der Waals surface area contributed by atoms with Crippen LogP contribution in [0.4, 0.5) is 0 Å². The molecular weight excluding hydrogens is 408 g/mol. The van der Waals surface area contributed by atoms with Crippen molar-refractivity contribution in [3.63, 3.8) is 0 Å². The number of amides is 1. The Labute approximate surface area is 168 Å². The Balaban J connectivity index is 1.57. The SMILES string of the molecule is CCCC(C)NC(=O)C1CCCN(Cc2nc(-c3cccc(Br)c3)no2)C1. The van der Waals surface area contributed by atoms with Gasteiger partial charge in [0.15, 0.2) is 0 Å². The van der Waals surface area contributed by atoms with Crippen LogP contribution in [-0.2, 0) is 11.3 Å². The number of halogens is 1. The first-order valence-electron chi connectivity index (χ1n) is 9.66. The Morgan fingerprint density at radius 2 is 2.33 bits per heavy atom. The molecule has 0 bridgehead atoms. The smallest absolute Gasteiger partial charge is 0.241 e. The van der Waals surface area contributed by atoms with E-state index in [9.17, 15) is 4.79 Å². The highest BCUT2D eigenvalue weighted by atomic mass is 79.9. The van der Waals surface area contributed by atoms with Gasteiger partial charge in [0, 0.05) is 22.6 Å². The predicted molar refractivity (Wildman–Crippen MR) is 108 cm³/mol. The molecule has 27 heavy (non-hydrogen) atoms. The van der Waals surface area contributed by atoms with Gasteiger partial charge in [-0.1, -0.05) is 46.6 Å². The molecule has 146 valence electrons. The lowest BCUT2D eigenvalue weighted by molar-refractivity contribution is -0.127. The Morgan fingerprint density at radius 1 is 1.48 bits per heavy atom. The van der Waals surface area contributed by atoms with Crippen molar-refractivity contribution in [2.75, 3.05) is 13.1 Å². The van der Waals surface area contributed by atoms with E-state index in [2.05, 4.69) is 50.1 Å². The third-order valence-corrected chi connectivity index (χ3v) is 5.39. The summed E-state index contributed by atoms with van der Waals surface area (Å²) in [7, 11) is 0. The van der Waals surface area contributed by atoms with E-state index >= 15 is 0 Å². The molecule has 0 aliphatic carbocycles. The molecule has 1 aliphatic heterocycles. The van der Waals surface area contributed by atoms with Gasteiger partial charge in [-0.25, -0.2) is 0 Å². The van der Waals surface area contributed by atoms with E-state index in [1.807, 2.05) is 24.3 Å². The number of aromatic nitrogens is 2. The van der Waals surface area contributed by atoms with Crippen molar-refractivity contribution in [3.05, 3.63) is 34.6 Å². The molecule has 1 amide bonds. The van der Waals surface area contributed by atoms with Crippen LogP contribution >= 0.6 is 15.9 Å². The highest BCUT2D eigenvalue weighted by molar-refractivity contribution is 9.10. The van der Waals surface area contributed by atoms with Crippen LogP contribution in [0, 0.1) is 5.92 Å². The minimum atomic E-state index is 0.0329. The van der Waals surface area contributed by atoms with Crippen molar-refractivity contribution in [1.82, 2.24) is 20.4 Å². The van der Waals surface area contributed by atoms with Gasteiger partial charge in [-0.3, -0.25) is 9.69 Å². The summed E-state index contributed by atoms with van der Waals surface area (Å²) < 4.78 is 6.42. The van der Waals surface area contributed by atoms with Crippen LogP contribution < -0.4 is 5.32 Å². The van der Waals surface area contributed by atoms with Crippen LogP contribution in [-0.4, -0.2) is 40.1 Å². The average molecular weight is 435 g/mol. The standard InChI is InChI=1S/C20H27BrN4O2/c1-3-6-14(2)22-20(26)16-8-5-10-25(12-16)13-18-23-19(24-27-18)15-7-4-9-17(21)11-15/h4,7,9,11,14,16H,3,5-6,8,10,12-13H2,1-2H3,(H,22,26). The summed E-state index contributed by atoms with van der Waals surface area (Å²) >= 11 is 3.46. The minimum Gasteiger partial charge on any atom is -0.353 e. The first kappa shape index (κ1) is 20.0. The first-order valence-corrected chi connectivity index (χ1v) is 10.5. The van der Waals surface area contributed by atoms with E-state index in [1.165, 1.54) is 0 Å². The third-order valence-electron chi connectivity index (χ3n) is 4.90. The van der Waals surface area contributed by atoms with Crippen molar-refractivity contribution in [1.29, 1.82) is 0 Å². The fourth-order valence-corrected chi connectivity index (χ4v) is 3.93. The van der Waals surface area contributed by atoms with E-state index in [-0.39, 0.29) is 17.9 Å². The zero-order valence-corrected chi connectivity index (χ0v) is 17.5. The number of piperidine rings is 1. The highest BCUT2D eigenvalue weighted by Crippen LogP contribution is 2.22. The second-order valence-electron chi connectivity index (χ2n) is 7.29. The summed E-state index contributed by atoms with van der Waals surface area (Å²) in [6.45, 7) is 6.47. The van der Waals surface area contributed by atoms with Gasteiger partial charge >= 0.3 is 0 Å². The van der Waals surface area contributed by atoms with Crippen molar-refractivity contribution in [2.45, 2.75) is 52.1 Å². The number of hydrogen-bond acceptors (Lipinski definition) is 5. The number of hydrogen-bond donors (Lipinski definition) is 1. The maximum absolute atomic E-state index is 12.5. The molecule has 1 fully saturated rings. The Morgan fingerprint density at radius 3 is 3.11 bits per heavy atom. The maximum Gasteiger partial charge on any atom is 0.241 e. The molecule has 1 aromatic carbocycles. The lowest BCUT2D eigenvalue weighted by atomic mass is 9.96. The molecule has 2 atom stereocenters. The van der Waals surface area contributed by atoms with Gasteiger partial charge in [0.2, 0.25) is 17.6 Å². The monoisotopic (exact) mass is 434 g/mol. The molecule has 1 aliphatic rings. The number of likely N-dealkylation sites (tertiary alicyclic amines) is 1. The third kappa shape index (κ3) is 5.62. The second kappa shape index (κ2) is 9.46. The molecule has 2 aromatic rings. The molecule has 3 rings (SSSR count). The van der Waals surface area contributed by atoms with Crippen molar-refractivity contribution in [2.24, 2.45) is 5.92 Å². The van der Waals surface area contributed by atoms with Crippen LogP contribution in [0.5, 0.6) is 0 Å². The zero-order valence-electron chi connectivity index (χ0n) is 15.9. The molecule has 1 saturated heterocycles. The Hall–Kier alpha value is -1.73. The second-order valence-corrected chi connectivity index (χ2v) is 8.21. The van der Waals surface area contributed by atoms with Crippen LogP contribution in [0.3, 0.4) is 0 Å². The highest BCUT2D eigenvalue weighted by Gasteiger charge is 2.27. The summed E-state index contributed by atoms with van der Waals surface area (Å²) in [6, 6.07) is 8.07. The lowest BCUT2D eigenvalue weighted by Gasteiger charge is -2.31. The van der Waals surface area contributed by atoms with Gasteiger partial charge in [-0.05, 0) is 44.9 Å². The first-order chi connectivity index (χ1) is 13.0. The Bertz CT molecular complexity index is 764. The fourth-order valence-electron chi connectivity index (χ4n) is 3.53. The average Bonchev–Trinajstić information content (AvgIpc) is 3.10. The molecule has 2 unspecified atom stereocenters. The van der Waals surface area contributed by atoms with E-state index in [4.69, 9.17) is 4.52 Å². The summed E-state index contributed by atoms with van der Waals surface area (Å²) in [5.74, 6) is 1.38. The van der Waals surface area contributed by atoms with Crippen LogP contribution in [0.1, 0.15) is 45.4 Å². The van der Waals surface area contributed by atoms with Gasteiger partial charge in [0.25, 0.3) is 0 Å². The molecule has 0 radical (unpaired) electrons. The normalized spacial score (nSPS) is 19.0.